The second kappa shape index (κ2) is 9.50. The molecule has 1 atom stereocenters. The smallest absolute Gasteiger partial charge is 0.224 e. The quantitative estimate of drug-likeness (QED) is 0.730. The Bertz CT molecular complexity index is 407. The summed E-state index contributed by atoms with van der Waals surface area (Å²) in [6.07, 6.45) is 2.37. The first kappa shape index (κ1) is 16.7. The number of hydrogen-bond acceptors (Lipinski definition) is 3. The van der Waals surface area contributed by atoms with Crippen molar-refractivity contribution in [2.24, 2.45) is 11.7 Å². The molecule has 0 saturated carbocycles. The number of carbonyl (C=O) groups excluding carboxylic acids is 1. The zero-order valence-corrected chi connectivity index (χ0v) is 12.5. The summed E-state index contributed by atoms with van der Waals surface area (Å²) < 4.78 is 5.41. The van der Waals surface area contributed by atoms with Crippen LogP contribution in [0.4, 0.5) is 5.69 Å². The Morgan fingerprint density at radius 3 is 2.80 bits per heavy atom. The molecule has 0 saturated heterocycles. The van der Waals surface area contributed by atoms with E-state index in [4.69, 9.17) is 10.5 Å². The van der Waals surface area contributed by atoms with Gasteiger partial charge in [0.1, 0.15) is 0 Å². The molecule has 0 aliphatic heterocycles. The first-order valence-electron chi connectivity index (χ1n) is 7.33. The second-order valence-electron chi connectivity index (χ2n) is 5.06. The zero-order valence-electron chi connectivity index (χ0n) is 12.5. The Kier molecular flexibility index (Phi) is 7.92. The highest BCUT2D eigenvalue weighted by Crippen LogP contribution is 2.17. The summed E-state index contributed by atoms with van der Waals surface area (Å²) in [5, 5.41) is 2.97. The van der Waals surface area contributed by atoms with Gasteiger partial charge in [-0.25, -0.2) is 0 Å². The average Bonchev–Trinajstić information content (AvgIpc) is 2.44. The number of para-hydroxylation sites is 1. The van der Waals surface area contributed by atoms with E-state index >= 15 is 0 Å². The molecule has 3 N–H and O–H groups in total. The summed E-state index contributed by atoms with van der Waals surface area (Å²) >= 11 is 0. The van der Waals surface area contributed by atoms with Gasteiger partial charge >= 0.3 is 0 Å². The molecule has 0 aromatic heterocycles. The van der Waals surface area contributed by atoms with Crippen LogP contribution in [-0.4, -0.2) is 19.1 Å². The number of anilines is 1. The van der Waals surface area contributed by atoms with Crippen molar-refractivity contribution in [3.8, 4) is 0 Å². The average molecular weight is 278 g/mol. The van der Waals surface area contributed by atoms with E-state index in [2.05, 4.69) is 12.2 Å². The fourth-order valence-corrected chi connectivity index (χ4v) is 2.00. The fraction of sp³-hybridized carbons (Fsp3) is 0.562. The largest absolute Gasteiger partial charge is 0.377 e. The lowest BCUT2D eigenvalue weighted by molar-refractivity contribution is -0.116. The minimum atomic E-state index is 0.0535. The molecular formula is C16H26N2O2. The van der Waals surface area contributed by atoms with Crippen molar-refractivity contribution in [1.29, 1.82) is 0 Å². The van der Waals surface area contributed by atoms with Crippen LogP contribution in [0.2, 0.25) is 0 Å². The summed E-state index contributed by atoms with van der Waals surface area (Å²) in [6.45, 7) is 5.96. The van der Waals surface area contributed by atoms with Crippen molar-refractivity contribution in [2.45, 2.75) is 39.7 Å². The van der Waals surface area contributed by atoms with Gasteiger partial charge in [0, 0.05) is 24.3 Å². The predicted molar refractivity (Wildman–Crippen MR) is 82.5 cm³/mol. The third-order valence-electron chi connectivity index (χ3n) is 3.28. The molecule has 0 aliphatic carbocycles. The topological polar surface area (TPSA) is 64.3 Å². The molecule has 0 radical (unpaired) electrons. The van der Waals surface area contributed by atoms with Crippen LogP contribution in [0.5, 0.6) is 0 Å². The van der Waals surface area contributed by atoms with Gasteiger partial charge in [-0.15, -0.1) is 0 Å². The molecule has 0 aliphatic rings. The molecule has 4 heteroatoms. The Balaban J connectivity index is 2.48. The first-order chi connectivity index (χ1) is 9.67. The third kappa shape index (κ3) is 6.17. The van der Waals surface area contributed by atoms with Crippen LogP contribution in [0, 0.1) is 5.92 Å². The van der Waals surface area contributed by atoms with Crippen LogP contribution in [-0.2, 0) is 16.1 Å². The molecule has 1 aromatic rings. The van der Waals surface area contributed by atoms with Crippen molar-refractivity contribution in [2.75, 3.05) is 18.5 Å². The second-order valence-corrected chi connectivity index (χ2v) is 5.06. The Morgan fingerprint density at radius 1 is 1.35 bits per heavy atom. The van der Waals surface area contributed by atoms with E-state index in [-0.39, 0.29) is 5.91 Å². The van der Waals surface area contributed by atoms with Crippen molar-refractivity contribution < 1.29 is 9.53 Å². The molecular weight excluding hydrogens is 252 g/mol. The Morgan fingerprint density at radius 2 is 2.10 bits per heavy atom. The molecule has 1 rings (SSSR count). The van der Waals surface area contributed by atoms with Gasteiger partial charge in [0.05, 0.1) is 6.61 Å². The number of nitrogens with one attached hydrogen (secondary N) is 1. The monoisotopic (exact) mass is 278 g/mol. The molecule has 1 amide bonds. The summed E-state index contributed by atoms with van der Waals surface area (Å²) in [5.41, 5.74) is 7.37. The van der Waals surface area contributed by atoms with E-state index in [0.29, 0.717) is 32.1 Å². The van der Waals surface area contributed by atoms with Gasteiger partial charge in [-0.1, -0.05) is 25.1 Å². The van der Waals surface area contributed by atoms with Crippen LogP contribution in [0.25, 0.3) is 0 Å². The molecule has 0 bridgehead atoms. The standard InChI is InChI=1S/C16H26N2O2/c1-3-20-12-14-6-4-5-7-15(14)18-16(19)9-8-13(2)10-11-17/h4-7,13H,3,8-12,17H2,1-2H3,(H,18,19). The molecule has 112 valence electrons. The van der Waals surface area contributed by atoms with E-state index in [1.165, 1.54) is 0 Å². The van der Waals surface area contributed by atoms with E-state index in [9.17, 15) is 4.79 Å². The number of ether oxygens (including phenoxy) is 1. The number of amides is 1. The number of nitrogens with two attached hydrogens (primary N) is 1. The highest BCUT2D eigenvalue weighted by Gasteiger charge is 2.09. The van der Waals surface area contributed by atoms with Gasteiger partial charge in [0.15, 0.2) is 0 Å². The highest BCUT2D eigenvalue weighted by atomic mass is 16.5. The maximum absolute atomic E-state index is 12.0. The van der Waals surface area contributed by atoms with E-state index in [1.54, 1.807) is 0 Å². The molecule has 0 heterocycles. The fourth-order valence-electron chi connectivity index (χ4n) is 2.00. The van der Waals surface area contributed by atoms with Gasteiger partial charge < -0.3 is 15.8 Å². The maximum Gasteiger partial charge on any atom is 0.224 e. The molecule has 1 unspecified atom stereocenters. The number of carbonyl (C=O) groups is 1. The zero-order chi connectivity index (χ0) is 14.8. The Labute approximate surface area is 121 Å². The van der Waals surface area contributed by atoms with Crippen molar-refractivity contribution in [3.63, 3.8) is 0 Å². The Hall–Kier alpha value is -1.39. The SMILES string of the molecule is CCOCc1ccccc1NC(=O)CCC(C)CCN. The van der Waals surface area contributed by atoms with Crippen molar-refractivity contribution in [3.05, 3.63) is 29.8 Å². The minimum absolute atomic E-state index is 0.0535. The summed E-state index contributed by atoms with van der Waals surface area (Å²) in [5.74, 6) is 0.544. The van der Waals surface area contributed by atoms with Crippen LogP contribution in [0.3, 0.4) is 0 Å². The minimum Gasteiger partial charge on any atom is -0.377 e. The maximum atomic E-state index is 12.0. The normalized spacial score (nSPS) is 12.2. The molecule has 0 fully saturated rings. The lowest BCUT2D eigenvalue weighted by Crippen LogP contribution is -2.15. The van der Waals surface area contributed by atoms with Gasteiger partial charge in [0.25, 0.3) is 0 Å². The van der Waals surface area contributed by atoms with E-state index in [1.807, 2.05) is 31.2 Å². The predicted octanol–water partition coefficient (Wildman–Crippen LogP) is 2.93. The van der Waals surface area contributed by atoms with Crippen LogP contribution < -0.4 is 11.1 Å². The summed E-state index contributed by atoms with van der Waals surface area (Å²) in [6, 6.07) is 7.76. The lowest BCUT2D eigenvalue weighted by Gasteiger charge is -2.12. The third-order valence-corrected chi connectivity index (χ3v) is 3.28. The van der Waals surface area contributed by atoms with Gasteiger partial charge in [-0.05, 0) is 38.3 Å². The summed E-state index contributed by atoms with van der Waals surface area (Å²) in [4.78, 5) is 12.0. The van der Waals surface area contributed by atoms with E-state index in [0.717, 1.165) is 24.1 Å². The number of hydrogen-bond donors (Lipinski definition) is 2. The lowest BCUT2D eigenvalue weighted by atomic mass is 10.0. The summed E-state index contributed by atoms with van der Waals surface area (Å²) in [7, 11) is 0. The first-order valence-corrected chi connectivity index (χ1v) is 7.33. The molecule has 20 heavy (non-hydrogen) atoms. The highest BCUT2D eigenvalue weighted by molar-refractivity contribution is 5.91. The molecule has 1 aromatic carbocycles. The van der Waals surface area contributed by atoms with Gasteiger partial charge in [0.2, 0.25) is 5.91 Å². The van der Waals surface area contributed by atoms with Crippen LogP contribution >= 0.6 is 0 Å². The van der Waals surface area contributed by atoms with Crippen molar-refractivity contribution in [1.82, 2.24) is 0 Å². The van der Waals surface area contributed by atoms with Crippen molar-refractivity contribution >= 4 is 11.6 Å². The number of rotatable bonds is 9. The number of benzene rings is 1. The van der Waals surface area contributed by atoms with Gasteiger partial charge in [-0.2, -0.15) is 0 Å². The van der Waals surface area contributed by atoms with Gasteiger partial charge in [-0.3, -0.25) is 4.79 Å². The molecule has 0 spiro atoms. The van der Waals surface area contributed by atoms with Crippen LogP contribution in [0.1, 0.15) is 38.7 Å². The van der Waals surface area contributed by atoms with Crippen LogP contribution in [0.15, 0.2) is 24.3 Å². The van der Waals surface area contributed by atoms with E-state index < -0.39 is 0 Å². The molecule has 4 nitrogen and oxygen atoms in total.